The molecular formula is C17H20N2O2. The number of carboxylic acids is 1. The topological polar surface area (TPSA) is 53.4 Å². The lowest BCUT2D eigenvalue weighted by Gasteiger charge is -2.27. The van der Waals surface area contributed by atoms with E-state index in [1.807, 2.05) is 30.6 Å². The SMILES string of the molecule is O=C(O)C1CCCCCN1Cc1cncc2ccccc12. The zero-order chi connectivity index (χ0) is 14.7. The summed E-state index contributed by atoms with van der Waals surface area (Å²) in [6.07, 6.45) is 7.66. The van der Waals surface area contributed by atoms with E-state index in [9.17, 15) is 9.90 Å². The summed E-state index contributed by atoms with van der Waals surface area (Å²) >= 11 is 0. The Bertz CT molecular complexity index is 636. The molecule has 0 aliphatic carbocycles. The van der Waals surface area contributed by atoms with Crippen LogP contribution in [0.5, 0.6) is 0 Å². The van der Waals surface area contributed by atoms with Crippen molar-refractivity contribution < 1.29 is 9.90 Å². The molecule has 3 rings (SSSR count). The third-order valence-corrected chi connectivity index (χ3v) is 4.27. The Labute approximate surface area is 124 Å². The summed E-state index contributed by atoms with van der Waals surface area (Å²) in [6.45, 7) is 1.51. The molecule has 0 saturated carbocycles. The first-order valence-electron chi connectivity index (χ1n) is 7.54. The fourth-order valence-electron chi connectivity index (χ4n) is 3.16. The molecule has 1 fully saturated rings. The molecule has 4 nitrogen and oxygen atoms in total. The first-order valence-corrected chi connectivity index (χ1v) is 7.54. The average molecular weight is 284 g/mol. The van der Waals surface area contributed by atoms with Gasteiger partial charge in [0, 0.05) is 24.3 Å². The Hall–Kier alpha value is -1.94. The van der Waals surface area contributed by atoms with E-state index in [1.54, 1.807) is 0 Å². The Balaban J connectivity index is 1.90. The summed E-state index contributed by atoms with van der Waals surface area (Å²) in [4.78, 5) is 17.9. The Morgan fingerprint density at radius 2 is 2.10 bits per heavy atom. The third kappa shape index (κ3) is 3.05. The van der Waals surface area contributed by atoms with E-state index >= 15 is 0 Å². The van der Waals surface area contributed by atoms with Gasteiger partial charge in [-0.3, -0.25) is 14.7 Å². The van der Waals surface area contributed by atoms with Gasteiger partial charge in [-0.2, -0.15) is 0 Å². The van der Waals surface area contributed by atoms with Crippen molar-refractivity contribution in [3.63, 3.8) is 0 Å². The number of nitrogens with zero attached hydrogens (tertiary/aromatic N) is 2. The van der Waals surface area contributed by atoms with Gasteiger partial charge < -0.3 is 5.11 Å². The van der Waals surface area contributed by atoms with E-state index in [0.29, 0.717) is 6.54 Å². The van der Waals surface area contributed by atoms with Crippen molar-refractivity contribution >= 4 is 16.7 Å². The van der Waals surface area contributed by atoms with Gasteiger partial charge in [0.2, 0.25) is 0 Å². The molecule has 1 aliphatic heterocycles. The fourth-order valence-corrected chi connectivity index (χ4v) is 3.16. The molecule has 1 atom stereocenters. The highest BCUT2D eigenvalue weighted by Gasteiger charge is 2.27. The second-order valence-corrected chi connectivity index (χ2v) is 5.69. The van der Waals surface area contributed by atoms with Crippen LogP contribution in [-0.4, -0.2) is 33.5 Å². The summed E-state index contributed by atoms with van der Waals surface area (Å²) < 4.78 is 0. The van der Waals surface area contributed by atoms with Crippen LogP contribution in [0.4, 0.5) is 0 Å². The maximum absolute atomic E-state index is 11.5. The van der Waals surface area contributed by atoms with Crippen molar-refractivity contribution in [2.75, 3.05) is 6.54 Å². The van der Waals surface area contributed by atoms with Crippen LogP contribution in [0.1, 0.15) is 31.2 Å². The normalized spacial score (nSPS) is 20.3. The molecule has 1 aliphatic rings. The highest BCUT2D eigenvalue weighted by molar-refractivity contribution is 5.84. The molecule has 0 bridgehead atoms. The Morgan fingerprint density at radius 3 is 2.95 bits per heavy atom. The van der Waals surface area contributed by atoms with Crippen LogP contribution in [0, 0.1) is 0 Å². The lowest BCUT2D eigenvalue weighted by atomic mass is 10.1. The van der Waals surface area contributed by atoms with Crippen molar-refractivity contribution in [3.05, 3.63) is 42.2 Å². The number of rotatable bonds is 3. The number of carbonyl (C=O) groups is 1. The van der Waals surface area contributed by atoms with Crippen molar-refractivity contribution in [1.82, 2.24) is 9.88 Å². The summed E-state index contributed by atoms with van der Waals surface area (Å²) in [5.41, 5.74) is 1.11. The van der Waals surface area contributed by atoms with E-state index in [0.717, 1.165) is 43.2 Å². The lowest BCUT2D eigenvalue weighted by molar-refractivity contribution is -0.143. The van der Waals surface area contributed by atoms with Gasteiger partial charge in [0.15, 0.2) is 0 Å². The Morgan fingerprint density at radius 1 is 1.24 bits per heavy atom. The van der Waals surface area contributed by atoms with Crippen LogP contribution in [0.3, 0.4) is 0 Å². The summed E-state index contributed by atoms with van der Waals surface area (Å²) in [7, 11) is 0. The predicted octanol–water partition coefficient (Wildman–Crippen LogP) is 3.06. The van der Waals surface area contributed by atoms with Crippen molar-refractivity contribution in [3.8, 4) is 0 Å². The molecule has 4 heteroatoms. The summed E-state index contributed by atoms with van der Waals surface area (Å²) in [5, 5.41) is 11.7. The minimum absolute atomic E-state index is 0.369. The van der Waals surface area contributed by atoms with Gasteiger partial charge in [0.1, 0.15) is 6.04 Å². The third-order valence-electron chi connectivity index (χ3n) is 4.27. The molecule has 1 N–H and O–H groups in total. The molecular weight excluding hydrogens is 264 g/mol. The largest absolute Gasteiger partial charge is 0.480 e. The number of fused-ring (bicyclic) bond motifs is 1. The molecule has 1 aromatic heterocycles. The second-order valence-electron chi connectivity index (χ2n) is 5.69. The maximum atomic E-state index is 11.5. The van der Waals surface area contributed by atoms with E-state index in [-0.39, 0.29) is 6.04 Å². The molecule has 2 aromatic rings. The molecule has 21 heavy (non-hydrogen) atoms. The number of hydrogen-bond donors (Lipinski definition) is 1. The van der Waals surface area contributed by atoms with Crippen LogP contribution in [0.2, 0.25) is 0 Å². The van der Waals surface area contributed by atoms with Crippen LogP contribution in [-0.2, 0) is 11.3 Å². The highest BCUT2D eigenvalue weighted by atomic mass is 16.4. The van der Waals surface area contributed by atoms with Crippen LogP contribution >= 0.6 is 0 Å². The number of aliphatic carboxylic acids is 1. The van der Waals surface area contributed by atoms with Gasteiger partial charge >= 0.3 is 5.97 Å². The van der Waals surface area contributed by atoms with Crippen LogP contribution in [0.15, 0.2) is 36.7 Å². The molecule has 1 saturated heterocycles. The number of aromatic nitrogens is 1. The molecule has 0 amide bonds. The van der Waals surface area contributed by atoms with Crippen LogP contribution in [0.25, 0.3) is 10.8 Å². The smallest absolute Gasteiger partial charge is 0.320 e. The standard InChI is InChI=1S/C17H20N2O2/c20-17(21)16-8-2-1-5-9-19(16)12-14-11-18-10-13-6-3-4-7-15(13)14/h3-4,6-7,10-11,16H,1-2,5,8-9,12H2,(H,20,21). The van der Waals surface area contributed by atoms with Gasteiger partial charge in [-0.05, 0) is 30.3 Å². The van der Waals surface area contributed by atoms with Gasteiger partial charge in [-0.25, -0.2) is 0 Å². The first-order chi connectivity index (χ1) is 10.3. The minimum Gasteiger partial charge on any atom is -0.480 e. The van der Waals surface area contributed by atoms with Crippen LogP contribution < -0.4 is 0 Å². The van der Waals surface area contributed by atoms with Crippen molar-refractivity contribution in [1.29, 1.82) is 0 Å². The number of carboxylic acid groups (broad SMARTS) is 1. The van der Waals surface area contributed by atoms with Gasteiger partial charge in [-0.15, -0.1) is 0 Å². The quantitative estimate of drug-likeness (QED) is 0.941. The van der Waals surface area contributed by atoms with E-state index in [1.165, 1.54) is 5.39 Å². The van der Waals surface area contributed by atoms with E-state index in [2.05, 4.69) is 16.0 Å². The van der Waals surface area contributed by atoms with Crippen molar-refractivity contribution in [2.24, 2.45) is 0 Å². The molecule has 0 spiro atoms. The second kappa shape index (κ2) is 6.22. The summed E-state index contributed by atoms with van der Waals surface area (Å²) in [6, 6.07) is 7.78. The highest BCUT2D eigenvalue weighted by Crippen LogP contribution is 2.23. The number of likely N-dealkylation sites (tertiary alicyclic amines) is 1. The zero-order valence-corrected chi connectivity index (χ0v) is 12.0. The molecule has 2 heterocycles. The summed E-state index contributed by atoms with van der Waals surface area (Å²) in [5.74, 6) is -0.704. The zero-order valence-electron chi connectivity index (χ0n) is 12.0. The molecule has 0 radical (unpaired) electrons. The number of benzene rings is 1. The molecule has 1 aromatic carbocycles. The van der Waals surface area contributed by atoms with E-state index < -0.39 is 5.97 Å². The first kappa shape index (κ1) is 14.0. The number of pyridine rings is 1. The van der Waals surface area contributed by atoms with Gasteiger partial charge in [-0.1, -0.05) is 37.1 Å². The predicted molar refractivity (Wildman–Crippen MR) is 82.0 cm³/mol. The monoisotopic (exact) mass is 284 g/mol. The fraction of sp³-hybridized carbons (Fsp3) is 0.412. The molecule has 1 unspecified atom stereocenters. The Kier molecular flexibility index (Phi) is 4.15. The van der Waals surface area contributed by atoms with Gasteiger partial charge in [0.05, 0.1) is 0 Å². The number of hydrogen-bond acceptors (Lipinski definition) is 3. The molecule has 110 valence electrons. The minimum atomic E-state index is -0.704. The maximum Gasteiger partial charge on any atom is 0.320 e. The van der Waals surface area contributed by atoms with E-state index in [4.69, 9.17) is 0 Å². The lowest BCUT2D eigenvalue weighted by Crippen LogP contribution is -2.40. The van der Waals surface area contributed by atoms with Crippen molar-refractivity contribution in [2.45, 2.75) is 38.3 Å². The average Bonchev–Trinajstić information content (AvgIpc) is 2.73. The van der Waals surface area contributed by atoms with Gasteiger partial charge in [0.25, 0.3) is 0 Å².